The van der Waals surface area contributed by atoms with Crippen molar-refractivity contribution in [2.24, 2.45) is 0 Å². The predicted octanol–water partition coefficient (Wildman–Crippen LogP) is 5.44. The highest BCUT2D eigenvalue weighted by molar-refractivity contribution is 7.13. The molecule has 3 heterocycles. The number of rotatable bonds is 4. The van der Waals surface area contributed by atoms with Crippen LogP contribution in [0, 0.1) is 0 Å². The second kappa shape index (κ2) is 6.97. The lowest BCUT2D eigenvalue weighted by Crippen LogP contribution is -2.20. The summed E-state index contributed by atoms with van der Waals surface area (Å²) in [4.78, 5) is 22.1. The molecule has 0 unspecified atom stereocenters. The monoisotopic (exact) mass is 401 g/mol. The van der Waals surface area contributed by atoms with Crippen LogP contribution in [0.5, 0.6) is 0 Å². The van der Waals surface area contributed by atoms with Crippen LogP contribution < -0.4 is 5.56 Å². The zero-order valence-corrected chi connectivity index (χ0v) is 16.9. The third-order valence-electron chi connectivity index (χ3n) is 5.06. The van der Waals surface area contributed by atoms with E-state index in [4.69, 9.17) is 9.40 Å². The van der Waals surface area contributed by atoms with Crippen LogP contribution in [0.2, 0.25) is 0 Å². The van der Waals surface area contributed by atoms with Crippen molar-refractivity contribution < 1.29 is 4.42 Å². The lowest BCUT2D eigenvalue weighted by Gasteiger charge is -2.05. The van der Waals surface area contributed by atoms with Crippen molar-refractivity contribution in [3.63, 3.8) is 0 Å². The first-order valence-electron chi connectivity index (χ1n) is 9.51. The molecule has 0 saturated heterocycles. The van der Waals surface area contributed by atoms with Crippen molar-refractivity contribution in [1.82, 2.24) is 14.5 Å². The Morgan fingerprint density at radius 3 is 2.69 bits per heavy atom. The molecule has 0 fully saturated rings. The molecule has 0 N–H and O–H groups in total. The van der Waals surface area contributed by atoms with Gasteiger partial charge in [-0.2, -0.15) is 0 Å². The first kappa shape index (κ1) is 17.8. The van der Waals surface area contributed by atoms with Gasteiger partial charge in [0.25, 0.3) is 5.56 Å². The van der Waals surface area contributed by atoms with E-state index < -0.39 is 0 Å². The van der Waals surface area contributed by atoms with Crippen molar-refractivity contribution >= 4 is 33.4 Å². The highest BCUT2D eigenvalue weighted by atomic mass is 32.1. The molecule has 0 atom stereocenters. The van der Waals surface area contributed by atoms with E-state index in [2.05, 4.69) is 43.1 Å². The Morgan fingerprint density at radius 1 is 1.10 bits per heavy atom. The number of nitrogens with zero attached hydrogens (tertiary/aromatic N) is 3. The SMILES string of the molecule is CC(C)c1ccc(-c2nc(Cn3cnc4c(oc5ccccc54)c3=O)cs2)cc1. The number of fused-ring (bicyclic) bond motifs is 3. The molecule has 5 aromatic rings. The highest BCUT2D eigenvalue weighted by Crippen LogP contribution is 2.27. The summed E-state index contributed by atoms with van der Waals surface area (Å²) in [7, 11) is 0. The van der Waals surface area contributed by atoms with Crippen LogP contribution in [0.1, 0.15) is 31.0 Å². The maximum absolute atomic E-state index is 12.9. The molecule has 6 heteroatoms. The van der Waals surface area contributed by atoms with Crippen molar-refractivity contribution in [2.45, 2.75) is 26.3 Å². The molecule has 2 aromatic carbocycles. The smallest absolute Gasteiger partial charge is 0.297 e. The van der Waals surface area contributed by atoms with Gasteiger partial charge in [-0.3, -0.25) is 9.36 Å². The minimum atomic E-state index is -0.193. The molecule has 3 aromatic heterocycles. The number of furan rings is 1. The summed E-state index contributed by atoms with van der Waals surface area (Å²) >= 11 is 1.58. The highest BCUT2D eigenvalue weighted by Gasteiger charge is 2.14. The van der Waals surface area contributed by atoms with E-state index in [1.54, 1.807) is 22.2 Å². The Balaban J connectivity index is 1.46. The average Bonchev–Trinajstić information content (AvgIpc) is 3.35. The van der Waals surface area contributed by atoms with E-state index in [-0.39, 0.29) is 11.1 Å². The molecule has 0 saturated carbocycles. The summed E-state index contributed by atoms with van der Waals surface area (Å²) in [5.74, 6) is 0.503. The van der Waals surface area contributed by atoms with Crippen molar-refractivity contribution in [3.05, 3.63) is 81.8 Å². The zero-order valence-electron chi connectivity index (χ0n) is 16.1. The normalized spacial score (nSPS) is 11.7. The minimum Gasteiger partial charge on any atom is -0.448 e. The van der Waals surface area contributed by atoms with Gasteiger partial charge in [-0.15, -0.1) is 11.3 Å². The summed E-state index contributed by atoms with van der Waals surface area (Å²) in [6.07, 6.45) is 1.57. The van der Waals surface area contributed by atoms with Gasteiger partial charge in [-0.1, -0.05) is 50.2 Å². The molecule has 0 aliphatic rings. The largest absolute Gasteiger partial charge is 0.448 e. The lowest BCUT2D eigenvalue weighted by atomic mass is 10.0. The van der Waals surface area contributed by atoms with Gasteiger partial charge in [0.05, 0.1) is 18.6 Å². The summed E-state index contributed by atoms with van der Waals surface area (Å²) in [5.41, 5.74) is 4.59. The number of thiazole rings is 1. The van der Waals surface area contributed by atoms with Gasteiger partial charge >= 0.3 is 0 Å². The predicted molar refractivity (Wildman–Crippen MR) is 117 cm³/mol. The van der Waals surface area contributed by atoms with Gasteiger partial charge in [-0.25, -0.2) is 9.97 Å². The standard InChI is InChI=1S/C23H19N3O2S/c1-14(2)15-7-9-16(10-8-15)22-25-17(12-29-22)11-26-13-24-20-18-5-3-4-6-19(18)28-21(20)23(26)27/h3-10,12-14H,11H2,1-2H3. The van der Waals surface area contributed by atoms with Crippen LogP contribution in [0.15, 0.2) is 69.5 Å². The first-order valence-corrected chi connectivity index (χ1v) is 10.4. The molecule has 0 aliphatic carbocycles. The molecule has 0 bridgehead atoms. The van der Waals surface area contributed by atoms with Crippen LogP contribution in [-0.2, 0) is 6.54 Å². The van der Waals surface area contributed by atoms with Gasteiger partial charge in [0.2, 0.25) is 5.58 Å². The quantitative estimate of drug-likeness (QED) is 0.402. The lowest BCUT2D eigenvalue weighted by molar-refractivity contribution is 0.641. The topological polar surface area (TPSA) is 60.9 Å². The molecule has 5 nitrogen and oxygen atoms in total. The Labute approximate surface area is 171 Å². The Kier molecular flexibility index (Phi) is 4.28. The summed E-state index contributed by atoms with van der Waals surface area (Å²) in [6.45, 7) is 4.72. The fourth-order valence-electron chi connectivity index (χ4n) is 3.43. The summed E-state index contributed by atoms with van der Waals surface area (Å²) < 4.78 is 7.30. The van der Waals surface area contributed by atoms with Gasteiger partial charge in [0.1, 0.15) is 16.1 Å². The van der Waals surface area contributed by atoms with E-state index in [0.29, 0.717) is 23.6 Å². The number of para-hydroxylation sites is 1. The maximum atomic E-state index is 12.9. The second-order valence-electron chi connectivity index (χ2n) is 7.37. The van der Waals surface area contributed by atoms with Crippen LogP contribution in [0.3, 0.4) is 0 Å². The second-order valence-corrected chi connectivity index (χ2v) is 8.23. The van der Waals surface area contributed by atoms with Crippen molar-refractivity contribution in [3.8, 4) is 10.6 Å². The Bertz CT molecular complexity index is 1380. The molecule has 29 heavy (non-hydrogen) atoms. The summed E-state index contributed by atoms with van der Waals surface area (Å²) in [6, 6.07) is 16.0. The molecule has 0 aliphatic heterocycles. The zero-order chi connectivity index (χ0) is 20.0. The summed E-state index contributed by atoms with van der Waals surface area (Å²) in [5, 5.41) is 3.79. The van der Waals surface area contributed by atoms with E-state index in [0.717, 1.165) is 21.7 Å². The van der Waals surface area contributed by atoms with E-state index >= 15 is 0 Å². The number of benzene rings is 2. The molecular weight excluding hydrogens is 382 g/mol. The Morgan fingerprint density at radius 2 is 1.90 bits per heavy atom. The average molecular weight is 401 g/mol. The first-order chi connectivity index (χ1) is 14.1. The number of hydrogen-bond acceptors (Lipinski definition) is 5. The molecule has 5 rings (SSSR count). The third-order valence-corrected chi connectivity index (χ3v) is 6.00. The van der Waals surface area contributed by atoms with E-state index in [1.807, 2.05) is 29.6 Å². The Hall–Kier alpha value is -3.25. The fraction of sp³-hybridized carbons (Fsp3) is 0.174. The van der Waals surface area contributed by atoms with Crippen molar-refractivity contribution in [1.29, 1.82) is 0 Å². The number of hydrogen-bond donors (Lipinski definition) is 0. The molecular formula is C23H19N3O2S. The molecule has 144 valence electrons. The molecule has 0 spiro atoms. The van der Waals surface area contributed by atoms with Crippen LogP contribution >= 0.6 is 11.3 Å². The minimum absolute atomic E-state index is 0.193. The number of aromatic nitrogens is 3. The van der Waals surface area contributed by atoms with Crippen LogP contribution in [-0.4, -0.2) is 14.5 Å². The maximum Gasteiger partial charge on any atom is 0.297 e. The van der Waals surface area contributed by atoms with Gasteiger partial charge in [-0.05, 0) is 23.6 Å². The molecule has 0 radical (unpaired) electrons. The fourth-order valence-corrected chi connectivity index (χ4v) is 4.24. The molecule has 0 amide bonds. The van der Waals surface area contributed by atoms with Crippen molar-refractivity contribution in [2.75, 3.05) is 0 Å². The van der Waals surface area contributed by atoms with Gasteiger partial charge in [0, 0.05) is 16.3 Å². The van der Waals surface area contributed by atoms with E-state index in [1.165, 1.54) is 5.56 Å². The van der Waals surface area contributed by atoms with Crippen LogP contribution in [0.4, 0.5) is 0 Å². The van der Waals surface area contributed by atoms with Crippen LogP contribution in [0.25, 0.3) is 32.6 Å². The van der Waals surface area contributed by atoms with E-state index in [9.17, 15) is 4.79 Å². The van der Waals surface area contributed by atoms with Gasteiger partial charge in [0.15, 0.2) is 0 Å². The third kappa shape index (κ3) is 3.15. The van der Waals surface area contributed by atoms with Gasteiger partial charge < -0.3 is 4.42 Å².